The lowest BCUT2D eigenvalue weighted by atomic mass is 9.99. The number of aromatic nitrogens is 5. The van der Waals surface area contributed by atoms with Crippen LogP contribution in [0.4, 0.5) is 11.6 Å². The molecule has 5 aromatic rings. The minimum atomic E-state index is -0.236. The molecule has 6 rings (SSSR count). The van der Waals surface area contributed by atoms with E-state index in [2.05, 4.69) is 27.2 Å². The number of H-pyrrole nitrogens is 1. The minimum absolute atomic E-state index is 0.00359. The summed E-state index contributed by atoms with van der Waals surface area (Å²) in [7, 11) is 1.61. The van der Waals surface area contributed by atoms with Crippen molar-refractivity contribution in [2.45, 2.75) is 25.3 Å². The fourth-order valence-electron chi connectivity index (χ4n) is 4.95. The molecule has 3 heterocycles. The Hall–Kier alpha value is -5.23. The Kier molecular flexibility index (Phi) is 6.35. The summed E-state index contributed by atoms with van der Waals surface area (Å²) in [6.45, 7) is 0. The average molecular weight is 516 g/mol. The molecule has 0 spiro atoms. The number of anilines is 2. The number of hydrogen-bond donors (Lipinski definition) is 1. The Bertz CT molecular complexity index is 1750. The van der Waals surface area contributed by atoms with Crippen molar-refractivity contribution >= 4 is 17.3 Å². The molecule has 0 amide bonds. The maximum atomic E-state index is 14.2. The second-order valence-electron chi connectivity index (χ2n) is 9.25. The van der Waals surface area contributed by atoms with Crippen molar-refractivity contribution in [3.05, 3.63) is 101 Å². The SMILES string of the molecule is COc1ccc(-c2c(N(c3cnc(C#N)cn3)C3CC=CCC3)nc3cc(-c4ccccc4)[nH]n3c2=O)cc1. The van der Waals surface area contributed by atoms with Gasteiger partial charge in [0, 0.05) is 12.1 Å². The van der Waals surface area contributed by atoms with Crippen LogP contribution in [0, 0.1) is 11.3 Å². The highest BCUT2D eigenvalue weighted by Gasteiger charge is 2.29. The standard InChI is InChI=1S/C30H25N7O2/c1-39-24-14-12-21(13-15-24)28-29(34-26-16-25(35-37(26)30(28)38)20-8-4-2-5-9-20)36(23-10-6-3-7-11-23)27-19-32-22(17-31)18-33-27/h2-6,8-9,12-16,18-19,23,35H,7,10-11H2,1H3. The number of rotatable bonds is 6. The second kappa shape index (κ2) is 10.3. The maximum absolute atomic E-state index is 14.2. The fourth-order valence-corrected chi connectivity index (χ4v) is 4.95. The Labute approximate surface area is 224 Å². The minimum Gasteiger partial charge on any atom is -0.497 e. The first-order valence-electron chi connectivity index (χ1n) is 12.7. The summed E-state index contributed by atoms with van der Waals surface area (Å²) in [4.78, 5) is 30.1. The van der Waals surface area contributed by atoms with Crippen LogP contribution >= 0.6 is 0 Å². The molecule has 1 N–H and O–H groups in total. The Morgan fingerprint density at radius 1 is 1.05 bits per heavy atom. The number of methoxy groups -OCH3 is 1. The zero-order valence-electron chi connectivity index (χ0n) is 21.3. The van der Waals surface area contributed by atoms with Gasteiger partial charge in [-0.05, 0) is 42.5 Å². The van der Waals surface area contributed by atoms with Crippen LogP contribution in [0.25, 0.3) is 28.0 Å². The van der Waals surface area contributed by atoms with Gasteiger partial charge in [0.05, 0.1) is 30.8 Å². The predicted molar refractivity (Wildman–Crippen MR) is 149 cm³/mol. The number of ether oxygens (including phenoxy) is 1. The van der Waals surface area contributed by atoms with Crippen LogP contribution in [-0.4, -0.2) is 37.7 Å². The molecule has 0 fully saturated rings. The normalized spacial score (nSPS) is 14.7. The van der Waals surface area contributed by atoms with Crippen LogP contribution < -0.4 is 15.2 Å². The molecule has 0 saturated carbocycles. The molecule has 1 aliphatic carbocycles. The lowest BCUT2D eigenvalue weighted by molar-refractivity contribution is 0.415. The van der Waals surface area contributed by atoms with Gasteiger partial charge in [0.2, 0.25) is 0 Å². The maximum Gasteiger partial charge on any atom is 0.282 e. The van der Waals surface area contributed by atoms with E-state index in [0.29, 0.717) is 34.2 Å². The molecule has 0 aliphatic heterocycles. The lowest BCUT2D eigenvalue weighted by Gasteiger charge is -2.33. The molecule has 9 heteroatoms. The molecule has 3 aromatic heterocycles. The largest absolute Gasteiger partial charge is 0.497 e. The van der Waals surface area contributed by atoms with Gasteiger partial charge in [0.15, 0.2) is 23.0 Å². The van der Waals surface area contributed by atoms with Gasteiger partial charge in [-0.15, -0.1) is 0 Å². The van der Waals surface area contributed by atoms with Gasteiger partial charge >= 0.3 is 0 Å². The number of nitrogens with one attached hydrogen (secondary N) is 1. The van der Waals surface area contributed by atoms with Crippen molar-refractivity contribution < 1.29 is 4.74 Å². The zero-order valence-corrected chi connectivity index (χ0v) is 21.3. The van der Waals surface area contributed by atoms with E-state index >= 15 is 0 Å². The van der Waals surface area contributed by atoms with Crippen molar-refractivity contribution in [2.75, 3.05) is 12.0 Å². The molecule has 39 heavy (non-hydrogen) atoms. The van der Waals surface area contributed by atoms with E-state index < -0.39 is 0 Å². The number of allylic oxidation sites excluding steroid dienone is 1. The number of fused-ring (bicyclic) bond motifs is 1. The third-order valence-corrected chi connectivity index (χ3v) is 6.89. The summed E-state index contributed by atoms with van der Waals surface area (Å²) >= 11 is 0. The van der Waals surface area contributed by atoms with E-state index in [9.17, 15) is 10.1 Å². The van der Waals surface area contributed by atoms with E-state index in [1.54, 1.807) is 13.3 Å². The Balaban J connectivity index is 1.62. The van der Waals surface area contributed by atoms with Crippen LogP contribution in [0.5, 0.6) is 5.75 Å². The first kappa shape index (κ1) is 24.1. The van der Waals surface area contributed by atoms with Crippen LogP contribution in [-0.2, 0) is 0 Å². The molecule has 1 unspecified atom stereocenters. The van der Waals surface area contributed by atoms with Crippen LogP contribution in [0.1, 0.15) is 25.0 Å². The lowest BCUT2D eigenvalue weighted by Crippen LogP contribution is -2.35. The van der Waals surface area contributed by atoms with Gasteiger partial charge in [-0.2, -0.15) is 5.26 Å². The van der Waals surface area contributed by atoms with Crippen molar-refractivity contribution in [3.63, 3.8) is 0 Å². The Morgan fingerprint density at radius 3 is 2.54 bits per heavy atom. The highest BCUT2D eigenvalue weighted by molar-refractivity contribution is 5.81. The zero-order chi connectivity index (χ0) is 26.8. The average Bonchev–Trinajstić information content (AvgIpc) is 3.44. The number of nitriles is 1. The van der Waals surface area contributed by atoms with Gasteiger partial charge in [-0.25, -0.2) is 19.5 Å². The van der Waals surface area contributed by atoms with Crippen molar-refractivity contribution in [1.29, 1.82) is 5.26 Å². The summed E-state index contributed by atoms with van der Waals surface area (Å²) in [6.07, 6.45) is 9.82. The van der Waals surface area contributed by atoms with E-state index in [1.807, 2.05) is 71.6 Å². The van der Waals surface area contributed by atoms with Gasteiger partial charge in [-0.3, -0.25) is 9.89 Å². The molecule has 0 saturated heterocycles. The van der Waals surface area contributed by atoms with E-state index in [-0.39, 0.29) is 17.3 Å². The Morgan fingerprint density at radius 2 is 1.87 bits per heavy atom. The number of aromatic amines is 1. The van der Waals surface area contributed by atoms with Crippen molar-refractivity contribution in [3.8, 4) is 34.2 Å². The number of nitrogens with zero attached hydrogens (tertiary/aromatic N) is 6. The van der Waals surface area contributed by atoms with E-state index in [4.69, 9.17) is 9.72 Å². The highest BCUT2D eigenvalue weighted by atomic mass is 16.5. The molecule has 9 nitrogen and oxygen atoms in total. The van der Waals surface area contributed by atoms with Gasteiger partial charge in [-0.1, -0.05) is 54.6 Å². The second-order valence-corrected chi connectivity index (χ2v) is 9.25. The highest BCUT2D eigenvalue weighted by Crippen LogP contribution is 2.36. The molecular weight excluding hydrogens is 490 g/mol. The molecule has 1 atom stereocenters. The topological polar surface area (TPSA) is 112 Å². The molecule has 2 aromatic carbocycles. The first-order valence-corrected chi connectivity index (χ1v) is 12.7. The molecule has 192 valence electrons. The van der Waals surface area contributed by atoms with Crippen molar-refractivity contribution in [1.82, 2.24) is 24.6 Å². The summed E-state index contributed by atoms with van der Waals surface area (Å²) in [5.41, 5.74) is 3.33. The smallest absolute Gasteiger partial charge is 0.282 e. The summed E-state index contributed by atoms with van der Waals surface area (Å²) in [6, 6.07) is 21.1. The fraction of sp³-hybridized carbons (Fsp3) is 0.167. The van der Waals surface area contributed by atoms with E-state index in [0.717, 1.165) is 30.5 Å². The third-order valence-electron chi connectivity index (χ3n) is 6.89. The number of hydrogen-bond acceptors (Lipinski definition) is 7. The van der Waals surface area contributed by atoms with Crippen molar-refractivity contribution in [2.24, 2.45) is 0 Å². The summed E-state index contributed by atoms with van der Waals surface area (Å²) < 4.78 is 6.84. The van der Waals surface area contributed by atoms with E-state index in [1.165, 1.54) is 10.7 Å². The van der Waals surface area contributed by atoms with Crippen LogP contribution in [0.2, 0.25) is 0 Å². The summed E-state index contributed by atoms with van der Waals surface area (Å²) in [5.74, 6) is 1.70. The van der Waals surface area contributed by atoms with Crippen LogP contribution in [0.15, 0.2) is 90.0 Å². The van der Waals surface area contributed by atoms with Gasteiger partial charge < -0.3 is 9.64 Å². The first-order chi connectivity index (χ1) is 19.2. The molecule has 0 bridgehead atoms. The monoisotopic (exact) mass is 515 g/mol. The summed E-state index contributed by atoms with van der Waals surface area (Å²) in [5, 5.41) is 12.5. The predicted octanol–water partition coefficient (Wildman–Crippen LogP) is 5.27. The van der Waals surface area contributed by atoms with Gasteiger partial charge in [0.1, 0.15) is 11.8 Å². The quantitative estimate of drug-likeness (QED) is 0.306. The molecule has 0 radical (unpaired) electrons. The number of benzene rings is 2. The van der Waals surface area contributed by atoms with Crippen LogP contribution in [0.3, 0.4) is 0 Å². The van der Waals surface area contributed by atoms with Gasteiger partial charge in [0.25, 0.3) is 5.56 Å². The third kappa shape index (κ3) is 4.53. The molecule has 1 aliphatic rings. The molecular formula is C30H25N7O2.